The lowest BCUT2D eigenvalue weighted by Crippen LogP contribution is -2.46. The van der Waals surface area contributed by atoms with Crippen molar-refractivity contribution in [1.82, 2.24) is 10.3 Å². The Hall–Kier alpha value is -6.01. The van der Waals surface area contributed by atoms with Crippen LogP contribution in [0, 0.1) is 30.6 Å². The highest BCUT2D eigenvalue weighted by atomic mass is 16.7. The van der Waals surface area contributed by atoms with Gasteiger partial charge in [0.05, 0.1) is 35.2 Å². The van der Waals surface area contributed by atoms with Gasteiger partial charge in [-0.05, 0) is 26.3 Å². The number of allylic oxidation sites excluding steroid dienone is 2. The average Bonchev–Trinajstić information content (AvgIpc) is 3.99. The summed E-state index contributed by atoms with van der Waals surface area (Å²) in [6.07, 6.45) is 4.49. The zero-order chi connectivity index (χ0) is 47.0. The van der Waals surface area contributed by atoms with E-state index in [0.29, 0.717) is 12.2 Å². The van der Waals surface area contributed by atoms with Crippen LogP contribution >= 0.6 is 0 Å². The Labute approximate surface area is 374 Å². The van der Waals surface area contributed by atoms with Crippen LogP contribution in [0.3, 0.4) is 0 Å². The molecule has 65 heavy (non-hydrogen) atoms. The summed E-state index contributed by atoms with van der Waals surface area (Å²) in [4.78, 5) is 62.1. The van der Waals surface area contributed by atoms with Gasteiger partial charge in [-0.15, -0.1) is 0 Å². The topological polar surface area (TPSA) is 239 Å². The van der Waals surface area contributed by atoms with Crippen LogP contribution in [0.5, 0.6) is 11.5 Å². The fraction of sp³-hybridized carbons (Fsp3) is 0.479. The number of carbonyl (C=O) groups is 2. The first-order chi connectivity index (χ1) is 30.8. The second-order valence-corrected chi connectivity index (χ2v) is 18.2. The number of piperazine rings is 1. The van der Waals surface area contributed by atoms with E-state index in [0.717, 1.165) is 13.0 Å². The maximum Gasteiger partial charge on any atom is 0.307 e. The highest BCUT2D eigenvalue weighted by molar-refractivity contribution is 6.16. The largest absolute Gasteiger partial charge is 0.507 e. The molecule has 0 aliphatic carbocycles. The van der Waals surface area contributed by atoms with Crippen molar-refractivity contribution >= 4 is 62.0 Å². The van der Waals surface area contributed by atoms with Crippen molar-refractivity contribution in [3.05, 3.63) is 79.5 Å². The fourth-order valence-corrected chi connectivity index (χ4v) is 9.92. The van der Waals surface area contributed by atoms with Crippen molar-refractivity contribution < 1.29 is 53.4 Å². The number of rotatable bonds is 3. The van der Waals surface area contributed by atoms with Crippen molar-refractivity contribution in [3.8, 4) is 11.5 Å². The number of fused-ring (bicyclic) bond motifs is 4. The number of anilines is 2. The number of ether oxygens (including phenoxy) is 4. The molecule has 5 heterocycles. The zero-order valence-electron chi connectivity index (χ0n) is 37.8. The SMILES string of the molecule is CO[C@H]1C=COC2(C)Oc3c(C)c(O)c4c(=O)c(c5oc6cc(N7CC8CC7CN8)cc(=O)c6nc5c4c3=C2O)NC(=O)C(C)=CC=C[C@H](C)[C@H](O)[C@@H](C)[C@@H](O)[C@@H](C)[C@H](OC(C)=O)[C@@H]1C. The zero-order valence-corrected chi connectivity index (χ0v) is 37.8. The molecule has 1 amide bonds. The van der Waals surface area contributed by atoms with Crippen LogP contribution < -0.4 is 36.3 Å². The van der Waals surface area contributed by atoms with Gasteiger partial charge < -0.3 is 59.3 Å². The first kappa shape index (κ1) is 45.6. The molecule has 0 radical (unpaired) electrons. The monoisotopic (exact) mass is 896 g/mol. The molecule has 4 aliphatic rings. The second kappa shape index (κ2) is 17.1. The molecule has 0 saturated carbocycles. The minimum atomic E-state index is -1.98. The van der Waals surface area contributed by atoms with Gasteiger partial charge in [-0.25, -0.2) is 4.98 Å². The van der Waals surface area contributed by atoms with E-state index < -0.39 is 88.1 Å². The lowest BCUT2D eigenvalue weighted by molar-refractivity contribution is -0.160. The number of esters is 1. The Balaban J connectivity index is 1.36. The van der Waals surface area contributed by atoms with Crippen LogP contribution in [0.2, 0.25) is 0 Å². The Morgan fingerprint density at radius 3 is 2.38 bits per heavy atom. The molecule has 2 fully saturated rings. The van der Waals surface area contributed by atoms with Gasteiger partial charge in [-0.3, -0.25) is 19.2 Å². The van der Waals surface area contributed by atoms with Crippen molar-refractivity contribution in [2.45, 2.75) is 104 Å². The lowest BCUT2D eigenvalue weighted by atomic mass is 9.78. The van der Waals surface area contributed by atoms with Crippen LogP contribution in [0.4, 0.5) is 11.4 Å². The van der Waals surface area contributed by atoms with Gasteiger partial charge >= 0.3 is 11.8 Å². The van der Waals surface area contributed by atoms with E-state index >= 15 is 0 Å². The molecule has 6 bridgehead atoms. The quantitative estimate of drug-likeness (QED) is 0.0964. The molecule has 1 aromatic heterocycles. The predicted octanol–water partition coefficient (Wildman–Crippen LogP) is 4.11. The van der Waals surface area contributed by atoms with E-state index in [1.54, 1.807) is 45.9 Å². The standard InChI is InChI=1S/C48H56N4O13/c1-20-11-10-12-21(2)47(60)51-38-42(58)34-33(37-45(38)64-32-17-28(16-30(54)36(32)50-37)52-19-27-15-29(52)18-49-27)35-44(25(6)41(34)57)65-48(8,46(35)59)62-14-13-31(61-9)22(3)43(63-26(7)53)24(5)40(56)23(4)39(20)55/h10-14,16-17,20,22-24,27,29,31,39-40,43,49,55-57,59H,15,18-19H2,1-9H3,(H,51,60)/t20-,22+,23+,24+,27?,29?,31-,39-,40+,43+,48?/m0/s1. The maximum atomic E-state index is 14.8. The van der Waals surface area contributed by atoms with Crippen LogP contribution in [-0.4, -0.2) is 99.8 Å². The third-order valence-corrected chi connectivity index (χ3v) is 13.8. The minimum Gasteiger partial charge on any atom is -0.507 e. The van der Waals surface area contributed by atoms with Gasteiger partial charge in [0, 0.05) is 104 Å². The second-order valence-electron chi connectivity index (χ2n) is 18.2. The molecule has 8 rings (SSSR count). The molecule has 3 aromatic carbocycles. The van der Waals surface area contributed by atoms with E-state index in [1.165, 1.54) is 59.3 Å². The summed E-state index contributed by atoms with van der Waals surface area (Å²) in [5, 5.41) is 52.6. The Morgan fingerprint density at radius 1 is 0.985 bits per heavy atom. The highest BCUT2D eigenvalue weighted by Gasteiger charge is 2.44. The van der Waals surface area contributed by atoms with Crippen LogP contribution in [0.25, 0.3) is 38.7 Å². The van der Waals surface area contributed by atoms with Gasteiger partial charge in [0.1, 0.15) is 28.8 Å². The smallest absolute Gasteiger partial charge is 0.307 e. The molecule has 11 atom stereocenters. The molecule has 6 N–H and O–H groups in total. The summed E-state index contributed by atoms with van der Waals surface area (Å²) in [5.74, 6) is -6.91. The normalized spacial score (nSPS) is 30.9. The molecule has 17 heteroatoms. The van der Waals surface area contributed by atoms with Gasteiger partial charge in [0.15, 0.2) is 22.4 Å². The fourth-order valence-electron chi connectivity index (χ4n) is 9.92. The molecule has 2 saturated heterocycles. The summed E-state index contributed by atoms with van der Waals surface area (Å²) in [6.45, 7) is 14.0. The van der Waals surface area contributed by atoms with Crippen molar-refractivity contribution in [1.29, 1.82) is 0 Å². The van der Waals surface area contributed by atoms with Crippen LogP contribution in [0.1, 0.15) is 60.5 Å². The number of nitrogens with one attached hydrogen (secondary N) is 2. The number of amides is 1. The summed E-state index contributed by atoms with van der Waals surface area (Å²) in [5.41, 5.74) is -1.31. The number of hydrogen-bond acceptors (Lipinski definition) is 16. The number of aromatic nitrogens is 1. The number of hydrogen-bond donors (Lipinski definition) is 6. The van der Waals surface area contributed by atoms with Crippen molar-refractivity contribution in [2.24, 2.45) is 23.7 Å². The highest BCUT2D eigenvalue weighted by Crippen LogP contribution is 2.42. The predicted molar refractivity (Wildman–Crippen MR) is 243 cm³/mol. The first-order valence-corrected chi connectivity index (χ1v) is 21.9. The number of aliphatic hydroxyl groups is 3. The number of benzene rings is 3. The number of phenols is 1. The molecule has 4 aromatic rings. The third-order valence-electron chi connectivity index (χ3n) is 13.8. The van der Waals surface area contributed by atoms with E-state index in [-0.39, 0.29) is 72.8 Å². The number of nitrogens with zero attached hydrogens (tertiary/aromatic N) is 2. The van der Waals surface area contributed by atoms with Gasteiger partial charge in [-0.1, -0.05) is 45.9 Å². The molecule has 3 unspecified atom stereocenters. The number of aromatic hydroxyl groups is 1. The maximum absolute atomic E-state index is 14.8. The van der Waals surface area contributed by atoms with Crippen molar-refractivity contribution in [2.75, 3.05) is 30.4 Å². The van der Waals surface area contributed by atoms with E-state index in [2.05, 4.69) is 15.5 Å². The molecular formula is C48H56N4O13. The summed E-state index contributed by atoms with van der Waals surface area (Å²) in [7, 11) is 1.44. The molecule has 346 valence electrons. The van der Waals surface area contributed by atoms with Crippen LogP contribution in [0.15, 0.2) is 62.3 Å². The van der Waals surface area contributed by atoms with Crippen LogP contribution in [-0.2, 0) is 23.8 Å². The summed E-state index contributed by atoms with van der Waals surface area (Å²) >= 11 is 0. The van der Waals surface area contributed by atoms with Gasteiger partial charge in [-0.2, -0.15) is 0 Å². The van der Waals surface area contributed by atoms with Gasteiger partial charge in [0.2, 0.25) is 10.9 Å². The first-order valence-electron chi connectivity index (χ1n) is 21.9. The summed E-state index contributed by atoms with van der Waals surface area (Å²) in [6, 6.07) is 3.61. The third kappa shape index (κ3) is 7.77. The van der Waals surface area contributed by atoms with E-state index in [1.807, 2.05) is 0 Å². The molecular weight excluding hydrogens is 841 g/mol. The van der Waals surface area contributed by atoms with E-state index in [9.17, 15) is 39.6 Å². The Kier molecular flexibility index (Phi) is 12.0. The molecule has 17 nitrogen and oxygen atoms in total. The minimum absolute atomic E-state index is 0.0447. The number of phenolic OH excluding ortho intramolecular Hbond substituents is 1. The Bertz CT molecular complexity index is 2890. The molecule has 0 spiro atoms. The van der Waals surface area contributed by atoms with Crippen molar-refractivity contribution in [3.63, 3.8) is 0 Å². The Morgan fingerprint density at radius 2 is 1.72 bits per heavy atom. The number of carbonyl (C=O) groups excluding carboxylic acids is 2. The van der Waals surface area contributed by atoms with Gasteiger partial charge in [0.25, 0.3) is 5.91 Å². The number of methoxy groups -OCH3 is 1. The average molecular weight is 897 g/mol. The molecule has 4 aliphatic heterocycles. The van der Waals surface area contributed by atoms with E-state index in [4.69, 9.17) is 28.3 Å². The number of aliphatic hydroxyl groups excluding tert-OH is 3. The lowest BCUT2D eigenvalue weighted by Gasteiger charge is -2.38. The summed E-state index contributed by atoms with van der Waals surface area (Å²) < 4.78 is 30.5.